The number of ketones is 1. The van der Waals surface area contributed by atoms with Crippen LogP contribution in [0.3, 0.4) is 0 Å². The van der Waals surface area contributed by atoms with E-state index in [4.69, 9.17) is 0 Å². The Balaban J connectivity index is 3.00. The lowest BCUT2D eigenvalue weighted by Gasteiger charge is -2.14. The molecule has 0 aromatic heterocycles. The van der Waals surface area contributed by atoms with Crippen molar-refractivity contribution in [3.8, 4) is 0 Å². The van der Waals surface area contributed by atoms with Gasteiger partial charge in [0.25, 0.3) is 5.69 Å². The topological polar surface area (TPSA) is 101 Å². The number of aliphatic hydroxyl groups excluding tert-OH is 2. The Morgan fingerprint density at radius 3 is 2.56 bits per heavy atom. The second-order valence-electron chi connectivity index (χ2n) is 3.35. The number of hydrogen-bond acceptors (Lipinski definition) is 5. The molecular formula is C10H11NO5. The molecule has 0 saturated heterocycles. The van der Waals surface area contributed by atoms with Gasteiger partial charge in [0.1, 0.15) is 12.2 Å². The fourth-order valence-corrected chi connectivity index (χ4v) is 1.23. The first-order chi connectivity index (χ1) is 7.43. The molecule has 1 rings (SSSR count). The minimum absolute atomic E-state index is 0.136. The average Bonchev–Trinajstić information content (AvgIpc) is 2.27. The van der Waals surface area contributed by atoms with E-state index in [9.17, 15) is 25.1 Å². The van der Waals surface area contributed by atoms with Gasteiger partial charge in [-0.25, -0.2) is 0 Å². The molecule has 6 nitrogen and oxygen atoms in total. The van der Waals surface area contributed by atoms with Gasteiger partial charge in [-0.2, -0.15) is 0 Å². The molecule has 1 aromatic carbocycles. The molecule has 0 amide bonds. The third kappa shape index (κ3) is 2.62. The highest BCUT2D eigenvalue weighted by Gasteiger charge is 2.23. The summed E-state index contributed by atoms with van der Waals surface area (Å²) >= 11 is 0. The average molecular weight is 225 g/mol. The van der Waals surface area contributed by atoms with Crippen LogP contribution in [0.1, 0.15) is 18.6 Å². The maximum absolute atomic E-state index is 10.8. The Bertz CT molecular complexity index is 417. The summed E-state index contributed by atoms with van der Waals surface area (Å²) in [5.74, 6) is -0.598. The summed E-state index contributed by atoms with van der Waals surface area (Å²) in [7, 11) is 0. The Morgan fingerprint density at radius 2 is 2.06 bits per heavy atom. The van der Waals surface area contributed by atoms with E-state index < -0.39 is 22.9 Å². The minimum Gasteiger partial charge on any atom is -0.385 e. The molecule has 2 atom stereocenters. The molecule has 0 aliphatic rings. The monoisotopic (exact) mass is 225 g/mol. The van der Waals surface area contributed by atoms with Gasteiger partial charge in [-0.3, -0.25) is 14.9 Å². The predicted octanol–water partition coefficient (Wildman–Crippen LogP) is 0.578. The highest BCUT2D eigenvalue weighted by Crippen LogP contribution is 2.21. The van der Waals surface area contributed by atoms with Gasteiger partial charge in [0.15, 0.2) is 5.78 Å². The van der Waals surface area contributed by atoms with Crippen LogP contribution in [0, 0.1) is 10.1 Å². The third-order valence-corrected chi connectivity index (χ3v) is 2.14. The number of carbonyl (C=O) groups is 1. The molecule has 16 heavy (non-hydrogen) atoms. The number of rotatable bonds is 4. The van der Waals surface area contributed by atoms with E-state index in [-0.39, 0.29) is 11.3 Å². The number of nitro groups is 1. The lowest BCUT2D eigenvalue weighted by molar-refractivity contribution is -0.385. The second kappa shape index (κ2) is 4.82. The minimum atomic E-state index is -1.57. The maximum Gasteiger partial charge on any atom is 0.269 e. The number of benzene rings is 1. The third-order valence-electron chi connectivity index (χ3n) is 2.14. The number of carbonyl (C=O) groups excluding carboxylic acids is 1. The lowest BCUT2D eigenvalue weighted by Crippen LogP contribution is -2.25. The van der Waals surface area contributed by atoms with Gasteiger partial charge in [-0.15, -0.1) is 0 Å². The van der Waals surface area contributed by atoms with Gasteiger partial charge < -0.3 is 10.2 Å². The highest BCUT2D eigenvalue weighted by atomic mass is 16.6. The van der Waals surface area contributed by atoms with Crippen molar-refractivity contribution < 1.29 is 19.9 Å². The van der Waals surface area contributed by atoms with E-state index in [0.29, 0.717) is 0 Å². The summed E-state index contributed by atoms with van der Waals surface area (Å²) in [4.78, 5) is 20.7. The molecular weight excluding hydrogens is 214 g/mol. The van der Waals surface area contributed by atoms with E-state index in [1.165, 1.54) is 18.2 Å². The summed E-state index contributed by atoms with van der Waals surface area (Å²) in [6, 6.07) is 5.17. The number of hydrogen-bond donors (Lipinski definition) is 2. The molecule has 0 fully saturated rings. The van der Waals surface area contributed by atoms with Crippen LogP contribution in [0.4, 0.5) is 5.69 Å². The zero-order valence-corrected chi connectivity index (χ0v) is 8.53. The molecule has 0 unspecified atom stereocenters. The first-order valence-corrected chi connectivity index (χ1v) is 4.54. The molecule has 0 spiro atoms. The van der Waals surface area contributed by atoms with Gasteiger partial charge in [0.2, 0.25) is 0 Å². The molecule has 1 aromatic rings. The molecule has 0 bridgehead atoms. The van der Waals surface area contributed by atoms with Crippen LogP contribution < -0.4 is 0 Å². The summed E-state index contributed by atoms with van der Waals surface area (Å²) in [6.45, 7) is 1.13. The number of nitrogens with zero attached hydrogens (tertiary/aromatic N) is 1. The van der Waals surface area contributed by atoms with Crippen molar-refractivity contribution in [1.29, 1.82) is 0 Å². The van der Waals surface area contributed by atoms with Crippen LogP contribution in [-0.2, 0) is 4.79 Å². The van der Waals surface area contributed by atoms with Crippen LogP contribution >= 0.6 is 0 Å². The number of non-ortho nitro benzene ring substituents is 1. The highest BCUT2D eigenvalue weighted by molar-refractivity contribution is 5.81. The fraction of sp³-hybridized carbons (Fsp3) is 0.300. The van der Waals surface area contributed by atoms with Crippen molar-refractivity contribution >= 4 is 11.5 Å². The van der Waals surface area contributed by atoms with E-state index in [1.807, 2.05) is 0 Å². The fourth-order valence-electron chi connectivity index (χ4n) is 1.23. The first-order valence-electron chi connectivity index (χ1n) is 4.54. The largest absolute Gasteiger partial charge is 0.385 e. The summed E-state index contributed by atoms with van der Waals surface area (Å²) in [5.41, 5.74) is -0.0656. The van der Waals surface area contributed by atoms with Crippen molar-refractivity contribution in [3.05, 3.63) is 39.9 Å². The van der Waals surface area contributed by atoms with Gasteiger partial charge in [0.05, 0.1) is 4.92 Å². The van der Waals surface area contributed by atoms with E-state index in [0.717, 1.165) is 13.0 Å². The first kappa shape index (κ1) is 12.3. The Labute approximate surface area is 91.3 Å². The summed E-state index contributed by atoms with van der Waals surface area (Å²) < 4.78 is 0. The Hall–Kier alpha value is -1.79. The van der Waals surface area contributed by atoms with Gasteiger partial charge >= 0.3 is 0 Å². The van der Waals surface area contributed by atoms with Crippen molar-refractivity contribution in [2.75, 3.05) is 0 Å². The summed E-state index contributed by atoms with van der Waals surface area (Å²) in [5, 5.41) is 29.4. The standard InChI is InChI=1S/C10H11NO5/c1-6(12)9(13)10(14)7-3-2-4-8(5-7)11(15)16/h2-5,9-10,13-14H,1H3/t9-,10-/m0/s1. The molecule has 0 heterocycles. The quantitative estimate of drug-likeness (QED) is 0.576. The molecule has 2 N–H and O–H groups in total. The molecule has 0 saturated carbocycles. The van der Waals surface area contributed by atoms with Gasteiger partial charge in [-0.1, -0.05) is 12.1 Å². The van der Waals surface area contributed by atoms with Gasteiger partial charge in [-0.05, 0) is 12.5 Å². The van der Waals surface area contributed by atoms with Crippen LogP contribution in [0.15, 0.2) is 24.3 Å². The Kier molecular flexibility index (Phi) is 3.70. The Morgan fingerprint density at radius 1 is 1.44 bits per heavy atom. The molecule has 0 radical (unpaired) electrons. The van der Waals surface area contributed by atoms with Crippen molar-refractivity contribution in [3.63, 3.8) is 0 Å². The van der Waals surface area contributed by atoms with Crippen molar-refractivity contribution in [2.24, 2.45) is 0 Å². The number of Topliss-reactive ketones (excluding diaryl/α,β-unsaturated/α-hetero) is 1. The van der Waals surface area contributed by atoms with Crippen LogP contribution in [0.5, 0.6) is 0 Å². The second-order valence-corrected chi connectivity index (χ2v) is 3.35. The molecule has 6 heteroatoms. The molecule has 86 valence electrons. The maximum atomic E-state index is 10.8. The molecule has 0 aliphatic carbocycles. The normalized spacial score (nSPS) is 14.2. The van der Waals surface area contributed by atoms with E-state index in [1.54, 1.807) is 0 Å². The number of nitro benzene ring substituents is 1. The van der Waals surface area contributed by atoms with E-state index >= 15 is 0 Å². The van der Waals surface area contributed by atoms with Crippen LogP contribution in [0.2, 0.25) is 0 Å². The number of aliphatic hydroxyl groups is 2. The molecule has 0 aliphatic heterocycles. The van der Waals surface area contributed by atoms with E-state index in [2.05, 4.69) is 0 Å². The van der Waals surface area contributed by atoms with Crippen molar-refractivity contribution in [1.82, 2.24) is 0 Å². The zero-order chi connectivity index (χ0) is 12.3. The van der Waals surface area contributed by atoms with Crippen LogP contribution in [0.25, 0.3) is 0 Å². The zero-order valence-electron chi connectivity index (χ0n) is 8.53. The lowest BCUT2D eigenvalue weighted by atomic mass is 10.0. The predicted molar refractivity (Wildman–Crippen MR) is 54.7 cm³/mol. The summed E-state index contributed by atoms with van der Waals surface area (Å²) in [6.07, 6.45) is -3.01. The SMILES string of the molecule is CC(=O)[C@H](O)[C@@H](O)c1cccc([N+](=O)[O-])c1. The van der Waals surface area contributed by atoms with Gasteiger partial charge in [0, 0.05) is 12.1 Å². The van der Waals surface area contributed by atoms with Crippen LogP contribution in [-0.4, -0.2) is 27.0 Å². The van der Waals surface area contributed by atoms with Crippen molar-refractivity contribution in [2.45, 2.75) is 19.1 Å². The smallest absolute Gasteiger partial charge is 0.269 e.